The van der Waals surface area contributed by atoms with E-state index in [9.17, 15) is 13.2 Å². The molecule has 1 aromatic rings. The molecule has 0 spiro atoms. The Balaban J connectivity index is 3.48. The van der Waals surface area contributed by atoms with Gasteiger partial charge in [-0.05, 0) is 12.1 Å². The van der Waals surface area contributed by atoms with E-state index < -0.39 is 11.7 Å². The van der Waals surface area contributed by atoms with Crippen LogP contribution in [0.15, 0.2) is 17.0 Å². The molecule has 0 aromatic heterocycles. The number of methoxy groups -OCH3 is 1. The number of thiol groups is 1. The van der Waals surface area contributed by atoms with Gasteiger partial charge in [0.25, 0.3) is 0 Å². The molecule has 0 unspecified atom stereocenters. The maximum absolute atomic E-state index is 12.5. The Hall–Kier alpha value is -1.35. The van der Waals surface area contributed by atoms with Gasteiger partial charge < -0.3 is 4.74 Å². The molecule has 80 valence electrons. The summed E-state index contributed by atoms with van der Waals surface area (Å²) < 4.78 is 42.1. The van der Waals surface area contributed by atoms with Gasteiger partial charge in [-0.15, -0.1) is 12.6 Å². The van der Waals surface area contributed by atoms with E-state index in [1.54, 1.807) is 6.07 Å². The molecule has 2 nitrogen and oxygen atoms in total. The average molecular weight is 233 g/mol. The van der Waals surface area contributed by atoms with Gasteiger partial charge in [0.15, 0.2) is 0 Å². The highest BCUT2D eigenvalue weighted by Gasteiger charge is 2.35. The number of nitrogens with zero attached hydrogens (tertiary/aromatic N) is 1. The summed E-state index contributed by atoms with van der Waals surface area (Å²) in [5.74, 6) is -0.371. The lowest BCUT2D eigenvalue weighted by molar-refractivity contribution is -0.139. The number of rotatable bonds is 1. The second-order valence-electron chi connectivity index (χ2n) is 2.69. The van der Waals surface area contributed by atoms with Crippen LogP contribution in [0.25, 0.3) is 0 Å². The summed E-state index contributed by atoms with van der Waals surface area (Å²) in [4.78, 5) is -0.0103. The Bertz CT molecular complexity index is 423. The molecule has 0 saturated heterocycles. The van der Waals surface area contributed by atoms with E-state index in [1.807, 2.05) is 0 Å². The van der Waals surface area contributed by atoms with Crippen LogP contribution in [0.3, 0.4) is 0 Å². The molecule has 0 bridgehead atoms. The minimum atomic E-state index is -4.56. The van der Waals surface area contributed by atoms with Gasteiger partial charge in [-0.2, -0.15) is 18.4 Å². The van der Waals surface area contributed by atoms with E-state index in [0.717, 1.165) is 13.2 Å². The zero-order valence-electron chi connectivity index (χ0n) is 7.59. The number of benzene rings is 1. The minimum Gasteiger partial charge on any atom is -0.495 e. The molecule has 1 aromatic carbocycles. The molecule has 0 atom stereocenters. The molecule has 0 aliphatic carbocycles. The lowest BCUT2D eigenvalue weighted by Gasteiger charge is -2.13. The van der Waals surface area contributed by atoms with Crippen molar-refractivity contribution in [2.75, 3.05) is 7.11 Å². The normalized spacial score (nSPS) is 10.9. The van der Waals surface area contributed by atoms with Crippen LogP contribution in [0.5, 0.6) is 5.75 Å². The van der Waals surface area contributed by atoms with E-state index >= 15 is 0 Å². The van der Waals surface area contributed by atoms with E-state index in [1.165, 1.54) is 6.07 Å². The number of alkyl halides is 3. The third kappa shape index (κ3) is 2.36. The summed E-state index contributed by atoms with van der Waals surface area (Å²) in [6.45, 7) is 0. The fourth-order valence-corrected chi connectivity index (χ4v) is 1.45. The van der Waals surface area contributed by atoms with Crippen LogP contribution in [0.1, 0.15) is 11.1 Å². The van der Waals surface area contributed by atoms with Crippen molar-refractivity contribution in [3.05, 3.63) is 23.3 Å². The van der Waals surface area contributed by atoms with Crippen molar-refractivity contribution in [3.63, 3.8) is 0 Å². The largest absolute Gasteiger partial charge is 0.495 e. The van der Waals surface area contributed by atoms with Crippen LogP contribution in [0, 0.1) is 11.3 Å². The summed E-state index contributed by atoms with van der Waals surface area (Å²) >= 11 is 3.83. The highest BCUT2D eigenvalue weighted by molar-refractivity contribution is 7.80. The van der Waals surface area contributed by atoms with Crippen molar-refractivity contribution in [1.29, 1.82) is 5.26 Å². The third-order valence-electron chi connectivity index (χ3n) is 1.71. The van der Waals surface area contributed by atoms with Crippen molar-refractivity contribution in [2.24, 2.45) is 0 Å². The SMILES string of the molecule is COc1c(S)cc(C#N)cc1C(F)(F)F. The average Bonchev–Trinajstić information content (AvgIpc) is 2.15. The maximum Gasteiger partial charge on any atom is 0.420 e. The predicted molar refractivity (Wildman–Crippen MR) is 50.0 cm³/mol. The molecular weight excluding hydrogens is 227 g/mol. The number of hydrogen-bond acceptors (Lipinski definition) is 3. The lowest BCUT2D eigenvalue weighted by atomic mass is 10.1. The molecule has 6 heteroatoms. The standard InChI is InChI=1S/C9H6F3NOS/c1-14-8-6(9(10,11)12)2-5(4-13)3-7(8)15/h2-3,15H,1H3. The Kier molecular flexibility index (Phi) is 3.15. The summed E-state index contributed by atoms with van der Waals surface area (Å²) in [5, 5.41) is 8.52. The molecule has 0 fully saturated rings. The Morgan fingerprint density at radius 2 is 2.00 bits per heavy atom. The van der Waals surface area contributed by atoms with Gasteiger partial charge >= 0.3 is 6.18 Å². The van der Waals surface area contributed by atoms with E-state index in [2.05, 4.69) is 17.4 Å². The smallest absolute Gasteiger partial charge is 0.420 e. The van der Waals surface area contributed by atoms with Gasteiger partial charge in [0.05, 0.1) is 24.3 Å². The minimum absolute atomic E-state index is 0.0103. The van der Waals surface area contributed by atoms with Gasteiger partial charge in [0, 0.05) is 4.90 Å². The molecule has 0 amide bonds. The van der Waals surface area contributed by atoms with Crippen LogP contribution >= 0.6 is 12.6 Å². The molecule has 0 heterocycles. The Labute approximate surface area is 89.7 Å². The van der Waals surface area contributed by atoms with Crippen molar-refractivity contribution in [1.82, 2.24) is 0 Å². The monoisotopic (exact) mass is 233 g/mol. The highest BCUT2D eigenvalue weighted by atomic mass is 32.1. The number of halogens is 3. The van der Waals surface area contributed by atoms with E-state index in [0.29, 0.717) is 0 Å². The second kappa shape index (κ2) is 4.03. The van der Waals surface area contributed by atoms with Crippen LogP contribution in [0.4, 0.5) is 13.2 Å². The number of ether oxygens (including phenoxy) is 1. The quantitative estimate of drug-likeness (QED) is 0.756. The summed E-state index contributed by atoms with van der Waals surface area (Å²) in [6.07, 6.45) is -4.56. The summed E-state index contributed by atoms with van der Waals surface area (Å²) in [6, 6.07) is 3.58. The number of nitriles is 1. The Morgan fingerprint density at radius 3 is 2.40 bits per heavy atom. The van der Waals surface area contributed by atoms with E-state index in [4.69, 9.17) is 5.26 Å². The molecule has 1 rings (SSSR count). The van der Waals surface area contributed by atoms with Crippen LogP contribution < -0.4 is 4.74 Å². The van der Waals surface area contributed by atoms with Gasteiger partial charge in [-0.1, -0.05) is 0 Å². The third-order valence-corrected chi connectivity index (χ3v) is 2.04. The first-order valence-electron chi connectivity index (χ1n) is 3.78. The zero-order chi connectivity index (χ0) is 11.6. The fraction of sp³-hybridized carbons (Fsp3) is 0.222. The first-order valence-corrected chi connectivity index (χ1v) is 4.23. The van der Waals surface area contributed by atoms with Gasteiger partial charge in [0.2, 0.25) is 0 Å². The predicted octanol–water partition coefficient (Wildman–Crippen LogP) is 2.87. The zero-order valence-corrected chi connectivity index (χ0v) is 8.49. The first-order chi connectivity index (χ1) is 6.90. The molecule has 15 heavy (non-hydrogen) atoms. The molecule has 0 N–H and O–H groups in total. The topological polar surface area (TPSA) is 33.0 Å². The van der Waals surface area contributed by atoms with Crippen molar-refractivity contribution in [3.8, 4) is 11.8 Å². The molecule has 0 saturated carbocycles. The molecule has 0 radical (unpaired) electrons. The molecule has 0 aliphatic rings. The second-order valence-corrected chi connectivity index (χ2v) is 3.17. The van der Waals surface area contributed by atoms with Crippen molar-refractivity contribution >= 4 is 12.6 Å². The van der Waals surface area contributed by atoms with Crippen molar-refractivity contribution in [2.45, 2.75) is 11.1 Å². The summed E-state index contributed by atoms with van der Waals surface area (Å²) in [7, 11) is 1.12. The maximum atomic E-state index is 12.5. The van der Waals surface area contributed by atoms with Crippen LogP contribution in [0.2, 0.25) is 0 Å². The van der Waals surface area contributed by atoms with Crippen LogP contribution in [-0.2, 0) is 6.18 Å². The lowest BCUT2D eigenvalue weighted by Crippen LogP contribution is -2.08. The molecule has 0 aliphatic heterocycles. The first kappa shape index (κ1) is 11.7. The Morgan fingerprint density at radius 1 is 1.40 bits per heavy atom. The van der Waals surface area contributed by atoms with E-state index in [-0.39, 0.29) is 16.2 Å². The summed E-state index contributed by atoms with van der Waals surface area (Å²) in [5.41, 5.74) is -1.10. The highest BCUT2D eigenvalue weighted by Crippen LogP contribution is 2.40. The van der Waals surface area contributed by atoms with Crippen molar-refractivity contribution < 1.29 is 17.9 Å². The fourth-order valence-electron chi connectivity index (χ4n) is 1.10. The van der Waals surface area contributed by atoms with Crippen LogP contribution in [-0.4, -0.2) is 7.11 Å². The molecular formula is C9H6F3NOS. The van der Waals surface area contributed by atoms with Gasteiger partial charge in [-0.25, -0.2) is 0 Å². The van der Waals surface area contributed by atoms with Gasteiger partial charge in [-0.3, -0.25) is 0 Å². The number of hydrogen-bond donors (Lipinski definition) is 1. The van der Waals surface area contributed by atoms with Gasteiger partial charge in [0.1, 0.15) is 5.75 Å².